The first-order valence-electron chi connectivity index (χ1n) is 12.0. The summed E-state index contributed by atoms with van der Waals surface area (Å²) in [5, 5.41) is 3.26. The van der Waals surface area contributed by atoms with Crippen LogP contribution in [0, 0.1) is 5.92 Å². The summed E-state index contributed by atoms with van der Waals surface area (Å²) in [6.07, 6.45) is 7.49. The highest BCUT2D eigenvalue weighted by molar-refractivity contribution is 5.87. The summed E-state index contributed by atoms with van der Waals surface area (Å²) in [4.78, 5) is 12.7. The Morgan fingerprint density at radius 3 is 2.61 bits per heavy atom. The monoisotopic (exact) mass is 455 g/mol. The SMILES string of the molecule is CCNc1ccc(/C=C/C(=O)O[C@@H]2CC[C@]3(CO3)[C@@H]([C@]3(C)O[C@H]3CC=C(C)C)[C@@H]2OC)cc1. The molecule has 1 saturated carbocycles. The molecule has 33 heavy (non-hydrogen) atoms. The third kappa shape index (κ3) is 5.18. The second kappa shape index (κ2) is 9.61. The van der Waals surface area contributed by atoms with E-state index in [1.807, 2.05) is 24.3 Å². The van der Waals surface area contributed by atoms with Crippen LogP contribution in [0.1, 0.15) is 52.5 Å². The van der Waals surface area contributed by atoms with E-state index in [-0.39, 0.29) is 41.4 Å². The number of anilines is 1. The lowest BCUT2D eigenvalue weighted by atomic mass is 9.68. The molecule has 6 atom stereocenters. The van der Waals surface area contributed by atoms with E-state index in [0.717, 1.165) is 43.7 Å². The fourth-order valence-electron chi connectivity index (χ4n) is 5.34. The average Bonchev–Trinajstić information content (AvgIpc) is 3.70. The van der Waals surface area contributed by atoms with Crippen molar-refractivity contribution in [1.29, 1.82) is 0 Å². The summed E-state index contributed by atoms with van der Waals surface area (Å²) in [5.74, 6) is -0.327. The Bertz CT molecular complexity index is 900. The molecule has 4 rings (SSSR count). The van der Waals surface area contributed by atoms with Gasteiger partial charge in [0.15, 0.2) is 0 Å². The zero-order valence-corrected chi connectivity index (χ0v) is 20.4. The fourth-order valence-corrected chi connectivity index (χ4v) is 5.34. The lowest BCUT2D eigenvalue weighted by Crippen LogP contribution is -2.55. The van der Waals surface area contributed by atoms with Gasteiger partial charge in [-0.1, -0.05) is 23.8 Å². The van der Waals surface area contributed by atoms with E-state index in [1.165, 1.54) is 11.6 Å². The van der Waals surface area contributed by atoms with Crippen LogP contribution in [0.5, 0.6) is 0 Å². The van der Waals surface area contributed by atoms with Crippen molar-refractivity contribution in [2.75, 3.05) is 25.6 Å². The van der Waals surface area contributed by atoms with Crippen molar-refractivity contribution < 1.29 is 23.7 Å². The third-order valence-electron chi connectivity index (χ3n) is 7.21. The van der Waals surface area contributed by atoms with E-state index in [9.17, 15) is 4.79 Å². The Morgan fingerprint density at radius 1 is 1.27 bits per heavy atom. The van der Waals surface area contributed by atoms with Crippen LogP contribution < -0.4 is 5.32 Å². The number of nitrogens with one attached hydrogen (secondary N) is 1. The first-order valence-corrected chi connectivity index (χ1v) is 12.0. The highest BCUT2D eigenvalue weighted by atomic mass is 16.6. The van der Waals surface area contributed by atoms with Crippen molar-refractivity contribution in [1.82, 2.24) is 0 Å². The number of esters is 1. The summed E-state index contributed by atoms with van der Waals surface area (Å²) in [5.41, 5.74) is 2.74. The number of carbonyl (C=O) groups excluding carboxylic acids is 1. The van der Waals surface area contributed by atoms with Crippen LogP contribution >= 0.6 is 0 Å². The van der Waals surface area contributed by atoms with Gasteiger partial charge in [-0.3, -0.25) is 0 Å². The molecular formula is C27H37NO5. The second-order valence-corrected chi connectivity index (χ2v) is 9.84. The number of benzene rings is 1. The predicted molar refractivity (Wildman–Crippen MR) is 129 cm³/mol. The molecule has 6 heteroatoms. The molecule has 0 radical (unpaired) electrons. The summed E-state index contributed by atoms with van der Waals surface area (Å²) in [7, 11) is 1.69. The number of epoxide rings is 2. The zero-order valence-electron chi connectivity index (χ0n) is 20.4. The maximum Gasteiger partial charge on any atom is 0.331 e. The lowest BCUT2D eigenvalue weighted by Gasteiger charge is -2.42. The molecule has 0 unspecified atom stereocenters. The van der Waals surface area contributed by atoms with Crippen molar-refractivity contribution in [2.45, 2.75) is 76.5 Å². The molecule has 0 bridgehead atoms. The van der Waals surface area contributed by atoms with Gasteiger partial charge in [0, 0.05) is 25.4 Å². The summed E-state index contributed by atoms with van der Waals surface area (Å²) >= 11 is 0. The Hall–Kier alpha value is -2.15. The molecule has 3 aliphatic rings. The standard InChI is InChI=1S/C27H37NO5/c1-6-28-20-11-8-19(9-12-20)10-14-23(29)32-21-15-16-27(17-31-27)25(24(21)30-5)26(4)22(33-26)13-7-18(2)3/h7-12,14,21-22,24-25,28H,6,13,15-17H2,1-5H3/b14-10+/t21-,22+,24-,25-,26-,27+/m1/s1. The van der Waals surface area contributed by atoms with Gasteiger partial charge in [0.1, 0.15) is 23.4 Å². The van der Waals surface area contributed by atoms with Gasteiger partial charge < -0.3 is 24.3 Å². The minimum absolute atomic E-state index is 0.0275. The molecule has 180 valence electrons. The fraction of sp³-hybridized carbons (Fsp3) is 0.593. The molecule has 2 heterocycles. The van der Waals surface area contributed by atoms with Gasteiger partial charge in [-0.05, 0) is 70.7 Å². The van der Waals surface area contributed by atoms with Crippen LogP contribution in [0.15, 0.2) is 42.0 Å². The topological polar surface area (TPSA) is 72.6 Å². The Labute approximate surface area is 197 Å². The Morgan fingerprint density at radius 2 is 2.00 bits per heavy atom. The number of allylic oxidation sites excluding steroid dienone is 1. The predicted octanol–water partition coefficient (Wildman–Crippen LogP) is 4.75. The summed E-state index contributed by atoms with van der Waals surface area (Å²) in [6.45, 7) is 10.00. The second-order valence-electron chi connectivity index (χ2n) is 9.84. The van der Waals surface area contributed by atoms with Gasteiger partial charge >= 0.3 is 5.97 Å². The molecule has 3 fully saturated rings. The maximum absolute atomic E-state index is 12.7. The zero-order chi connectivity index (χ0) is 23.6. The molecule has 6 nitrogen and oxygen atoms in total. The molecular weight excluding hydrogens is 418 g/mol. The number of hydrogen-bond donors (Lipinski definition) is 1. The summed E-state index contributed by atoms with van der Waals surface area (Å²) < 4.78 is 24.0. The van der Waals surface area contributed by atoms with Crippen LogP contribution in [0.25, 0.3) is 6.08 Å². The van der Waals surface area contributed by atoms with E-state index in [0.29, 0.717) is 0 Å². The average molecular weight is 456 g/mol. The van der Waals surface area contributed by atoms with Gasteiger partial charge in [-0.15, -0.1) is 0 Å². The Kier molecular flexibility index (Phi) is 6.99. The molecule has 0 aromatic heterocycles. The molecule has 1 spiro atoms. The van der Waals surface area contributed by atoms with Gasteiger partial charge in [-0.2, -0.15) is 0 Å². The van der Waals surface area contributed by atoms with Gasteiger partial charge in [0.2, 0.25) is 0 Å². The Balaban J connectivity index is 1.42. The summed E-state index contributed by atoms with van der Waals surface area (Å²) in [6, 6.07) is 7.95. The molecule has 1 aromatic carbocycles. The van der Waals surface area contributed by atoms with E-state index in [4.69, 9.17) is 18.9 Å². The molecule has 1 aromatic rings. The van der Waals surface area contributed by atoms with Crippen molar-refractivity contribution >= 4 is 17.7 Å². The van der Waals surface area contributed by atoms with Crippen LogP contribution in [0.3, 0.4) is 0 Å². The first kappa shape index (κ1) is 24.0. The van der Waals surface area contributed by atoms with Crippen LogP contribution in [-0.2, 0) is 23.7 Å². The third-order valence-corrected chi connectivity index (χ3v) is 7.21. The van der Waals surface area contributed by atoms with Crippen LogP contribution in [0.4, 0.5) is 5.69 Å². The van der Waals surface area contributed by atoms with Gasteiger partial charge in [0.25, 0.3) is 0 Å². The first-order chi connectivity index (χ1) is 15.8. The minimum Gasteiger partial charge on any atom is -0.456 e. The van der Waals surface area contributed by atoms with Crippen molar-refractivity contribution in [3.8, 4) is 0 Å². The molecule has 2 aliphatic heterocycles. The van der Waals surface area contributed by atoms with E-state index in [1.54, 1.807) is 13.2 Å². The number of rotatable bonds is 9. The smallest absolute Gasteiger partial charge is 0.331 e. The van der Waals surface area contributed by atoms with Crippen LogP contribution in [0.2, 0.25) is 0 Å². The van der Waals surface area contributed by atoms with E-state index in [2.05, 4.69) is 39.1 Å². The molecule has 1 aliphatic carbocycles. The van der Waals surface area contributed by atoms with E-state index < -0.39 is 0 Å². The van der Waals surface area contributed by atoms with Crippen molar-refractivity contribution in [2.24, 2.45) is 5.92 Å². The number of carbonyl (C=O) groups is 1. The molecule has 2 saturated heterocycles. The highest BCUT2D eigenvalue weighted by Gasteiger charge is 2.72. The van der Waals surface area contributed by atoms with Gasteiger partial charge in [-0.25, -0.2) is 4.79 Å². The number of methoxy groups -OCH3 is 1. The number of hydrogen-bond acceptors (Lipinski definition) is 6. The van der Waals surface area contributed by atoms with E-state index >= 15 is 0 Å². The quantitative estimate of drug-likeness (QED) is 0.251. The normalized spacial score (nSPS) is 34.8. The molecule has 1 N–H and O–H groups in total. The molecule has 0 amide bonds. The van der Waals surface area contributed by atoms with Gasteiger partial charge in [0.05, 0.1) is 18.6 Å². The largest absolute Gasteiger partial charge is 0.456 e. The highest BCUT2D eigenvalue weighted by Crippen LogP contribution is 2.59. The lowest BCUT2D eigenvalue weighted by molar-refractivity contribution is -0.166. The minimum atomic E-state index is -0.354. The number of ether oxygens (including phenoxy) is 4. The maximum atomic E-state index is 12.7. The van der Waals surface area contributed by atoms with Crippen LogP contribution in [-0.4, -0.2) is 55.7 Å². The van der Waals surface area contributed by atoms with Crippen molar-refractivity contribution in [3.63, 3.8) is 0 Å². The van der Waals surface area contributed by atoms with Crippen molar-refractivity contribution in [3.05, 3.63) is 47.6 Å².